The first-order valence-electron chi connectivity index (χ1n) is 5.75. The number of rotatable bonds is 2. The predicted octanol–water partition coefficient (Wildman–Crippen LogP) is 1.11. The van der Waals surface area contributed by atoms with Crippen molar-refractivity contribution in [2.45, 2.75) is 0 Å². The van der Waals surface area contributed by atoms with E-state index in [9.17, 15) is 9.59 Å². The number of hydrogen-bond acceptors (Lipinski definition) is 5. The molecule has 0 aliphatic carbocycles. The van der Waals surface area contributed by atoms with E-state index in [4.69, 9.17) is 5.26 Å². The second-order valence-electron chi connectivity index (χ2n) is 4.00. The first kappa shape index (κ1) is 13.5. The summed E-state index contributed by atoms with van der Waals surface area (Å²) < 4.78 is 5.69. The molecule has 0 N–H and O–H groups in total. The summed E-state index contributed by atoms with van der Waals surface area (Å²) >= 11 is 0. The Morgan fingerprint density at radius 2 is 2.00 bits per heavy atom. The van der Waals surface area contributed by atoms with Crippen LogP contribution in [0.5, 0.6) is 0 Å². The average molecular weight is 269 g/mol. The van der Waals surface area contributed by atoms with Gasteiger partial charge in [-0.3, -0.25) is 4.79 Å². The van der Waals surface area contributed by atoms with Gasteiger partial charge in [-0.15, -0.1) is 0 Å². The molecule has 100 valence electrons. The molecule has 1 aromatic carbocycles. The van der Waals surface area contributed by atoms with E-state index in [2.05, 4.69) is 9.84 Å². The van der Waals surface area contributed by atoms with Crippen molar-refractivity contribution < 1.29 is 9.53 Å². The monoisotopic (exact) mass is 269 g/mol. The number of aryl methyl sites for hydroxylation is 1. The molecule has 0 unspecified atom stereocenters. The van der Waals surface area contributed by atoms with Crippen molar-refractivity contribution in [3.8, 4) is 17.3 Å². The number of benzene rings is 1. The van der Waals surface area contributed by atoms with Crippen molar-refractivity contribution in [3.63, 3.8) is 0 Å². The molecule has 6 heteroatoms. The largest absolute Gasteiger partial charge is 0.465 e. The zero-order valence-electron chi connectivity index (χ0n) is 11.0. The normalized spacial score (nSPS) is 9.85. The van der Waals surface area contributed by atoms with E-state index in [1.807, 2.05) is 6.07 Å². The molecule has 0 saturated heterocycles. The zero-order chi connectivity index (χ0) is 14.7. The third-order valence-electron chi connectivity index (χ3n) is 2.79. The van der Waals surface area contributed by atoms with Crippen LogP contribution in [0.2, 0.25) is 0 Å². The Hall–Kier alpha value is -2.94. The lowest BCUT2D eigenvalue weighted by atomic mass is 10.0. The lowest BCUT2D eigenvalue weighted by Crippen LogP contribution is -2.27. The maximum absolute atomic E-state index is 11.9. The molecule has 0 aliphatic heterocycles. The number of hydrogen-bond donors (Lipinski definition) is 0. The molecule has 2 rings (SSSR count). The van der Waals surface area contributed by atoms with Crippen molar-refractivity contribution in [2.24, 2.45) is 7.05 Å². The van der Waals surface area contributed by atoms with Gasteiger partial charge in [-0.25, -0.2) is 9.48 Å². The number of aromatic nitrogens is 2. The first-order valence-corrected chi connectivity index (χ1v) is 5.75. The van der Waals surface area contributed by atoms with Crippen molar-refractivity contribution in [1.82, 2.24) is 9.78 Å². The van der Waals surface area contributed by atoms with Gasteiger partial charge in [0.2, 0.25) is 0 Å². The standard InChI is InChI=1S/C14H11N3O3/c1-17-13(18)10(8-15)11(14(19)20-2)12(16-17)9-6-4-3-5-7-9/h3-7H,1-2H3. The minimum Gasteiger partial charge on any atom is -0.465 e. The highest BCUT2D eigenvalue weighted by atomic mass is 16.5. The van der Waals surface area contributed by atoms with Gasteiger partial charge in [-0.05, 0) is 0 Å². The molecule has 20 heavy (non-hydrogen) atoms. The Labute approximate surface area is 114 Å². The third kappa shape index (κ3) is 2.17. The lowest BCUT2D eigenvalue weighted by molar-refractivity contribution is 0.0600. The van der Waals surface area contributed by atoms with Crippen LogP contribution in [-0.2, 0) is 11.8 Å². The van der Waals surface area contributed by atoms with E-state index < -0.39 is 11.5 Å². The van der Waals surface area contributed by atoms with E-state index in [0.717, 1.165) is 4.68 Å². The molecule has 1 heterocycles. The molecule has 0 aliphatic rings. The Bertz CT molecular complexity index is 758. The Morgan fingerprint density at radius 1 is 1.35 bits per heavy atom. The number of ether oxygens (including phenoxy) is 1. The molecule has 0 spiro atoms. The molecular formula is C14H11N3O3. The Morgan fingerprint density at radius 3 is 2.55 bits per heavy atom. The second kappa shape index (κ2) is 5.36. The van der Waals surface area contributed by atoms with Crippen molar-refractivity contribution in [2.75, 3.05) is 7.11 Å². The molecule has 0 radical (unpaired) electrons. The van der Waals surface area contributed by atoms with Gasteiger partial charge in [0.05, 0.1) is 7.11 Å². The molecule has 1 aromatic heterocycles. The van der Waals surface area contributed by atoms with Crippen LogP contribution < -0.4 is 5.56 Å². The van der Waals surface area contributed by atoms with Crippen LogP contribution >= 0.6 is 0 Å². The van der Waals surface area contributed by atoms with Crippen molar-refractivity contribution in [3.05, 3.63) is 51.8 Å². The number of esters is 1. The highest BCUT2D eigenvalue weighted by molar-refractivity contribution is 5.98. The minimum absolute atomic E-state index is 0.107. The number of nitriles is 1. The number of carbonyl (C=O) groups is 1. The lowest BCUT2D eigenvalue weighted by Gasteiger charge is -2.10. The number of nitrogens with zero attached hydrogens (tertiary/aromatic N) is 3. The van der Waals surface area contributed by atoms with Gasteiger partial charge in [0, 0.05) is 12.6 Å². The fourth-order valence-electron chi connectivity index (χ4n) is 1.84. The van der Waals surface area contributed by atoms with Gasteiger partial charge >= 0.3 is 5.97 Å². The van der Waals surface area contributed by atoms with Gasteiger partial charge in [-0.2, -0.15) is 10.4 Å². The third-order valence-corrected chi connectivity index (χ3v) is 2.79. The summed E-state index contributed by atoms with van der Waals surface area (Å²) in [7, 11) is 2.62. The van der Waals surface area contributed by atoms with Gasteiger partial charge in [0.15, 0.2) is 0 Å². The van der Waals surface area contributed by atoms with Crippen LogP contribution in [0.15, 0.2) is 35.1 Å². The molecule has 0 fully saturated rings. The molecule has 0 atom stereocenters. The fourth-order valence-corrected chi connectivity index (χ4v) is 1.84. The molecule has 6 nitrogen and oxygen atoms in total. The predicted molar refractivity (Wildman–Crippen MR) is 71.0 cm³/mol. The van der Waals surface area contributed by atoms with Crippen LogP contribution in [0, 0.1) is 11.3 Å². The van der Waals surface area contributed by atoms with E-state index in [1.165, 1.54) is 14.2 Å². The highest BCUT2D eigenvalue weighted by Gasteiger charge is 2.23. The van der Waals surface area contributed by atoms with Crippen LogP contribution in [0.25, 0.3) is 11.3 Å². The maximum atomic E-state index is 11.9. The SMILES string of the molecule is COC(=O)c1c(-c2ccccc2)nn(C)c(=O)c1C#N. The van der Waals surface area contributed by atoms with Gasteiger partial charge in [-0.1, -0.05) is 30.3 Å². The summed E-state index contributed by atoms with van der Waals surface area (Å²) in [6.45, 7) is 0. The van der Waals surface area contributed by atoms with Crippen molar-refractivity contribution in [1.29, 1.82) is 5.26 Å². The van der Waals surface area contributed by atoms with Gasteiger partial charge in [0.1, 0.15) is 22.9 Å². The van der Waals surface area contributed by atoms with E-state index in [1.54, 1.807) is 30.3 Å². The summed E-state index contributed by atoms with van der Waals surface area (Å²) in [5.74, 6) is -0.759. The van der Waals surface area contributed by atoms with Gasteiger partial charge in [0.25, 0.3) is 5.56 Å². The summed E-state index contributed by atoms with van der Waals surface area (Å²) in [5.41, 5.74) is -0.138. The highest BCUT2D eigenvalue weighted by Crippen LogP contribution is 2.22. The summed E-state index contributed by atoms with van der Waals surface area (Å²) in [5, 5.41) is 13.2. The van der Waals surface area contributed by atoms with Gasteiger partial charge < -0.3 is 4.74 Å². The quantitative estimate of drug-likeness (QED) is 0.762. The second-order valence-corrected chi connectivity index (χ2v) is 4.00. The van der Waals surface area contributed by atoms with Crippen molar-refractivity contribution >= 4 is 5.97 Å². The zero-order valence-corrected chi connectivity index (χ0v) is 11.0. The molecule has 2 aromatic rings. The Balaban J connectivity index is 2.88. The van der Waals surface area contributed by atoms with E-state index >= 15 is 0 Å². The molecule has 0 saturated carbocycles. The smallest absolute Gasteiger partial charge is 0.341 e. The molecular weight excluding hydrogens is 258 g/mol. The topological polar surface area (TPSA) is 85.0 Å². The van der Waals surface area contributed by atoms with E-state index in [-0.39, 0.29) is 16.8 Å². The number of carbonyl (C=O) groups excluding carboxylic acids is 1. The molecule has 0 bridgehead atoms. The summed E-state index contributed by atoms with van der Waals surface area (Å²) in [6, 6.07) is 10.6. The first-order chi connectivity index (χ1) is 9.60. The maximum Gasteiger partial charge on any atom is 0.341 e. The minimum atomic E-state index is -0.759. The van der Waals surface area contributed by atoms with Crippen LogP contribution in [0.1, 0.15) is 15.9 Å². The molecule has 0 amide bonds. The van der Waals surface area contributed by atoms with Crippen LogP contribution in [0.3, 0.4) is 0 Å². The van der Waals surface area contributed by atoms with Crippen LogP contribution in [0.4, 0.5) is 0 Å². The average Bonchev–Trinajstić information content (AvgIpc) is 2.49. The van der Waals surface area contributed by atoms with E-state index in [0.29, 0.717) is 5.56 Å². The summed E-state index contributed by atoms with van der Waals surface area (Å²) in [4.78, 5) is 23.8. The fraction of sp³-hybridized carbons (Fsp3) is 0.143. The summed E-state index contributed by atoms with van der Waals surface area (Å²) in [6.07, 6.45) is 0. The van der Waals surface area contributed by atoms with Crippen LogP contribution in [-0.4, -0.2) is 22.9 Å². The number of methoxy groups -OCH3 is 1. The Kier molecular flexibility index (Phi) is 3.62.